The molecule has 0 amide bonds. The molecule has 0 unspecified atom stereocenters. The average molecular weight is 287 g/mol. The first-order chi connectivity index (χ1) is 7.66. The smallest absolute Gasteiger partial charge is 0.258 e. The number of hydrogen-bond donors (Lipinski definition) is 0. The fourth-order valence-corrected chi connectivity index (χ4v) is 2.17. The van der Waals surface area contributed by atoms with Crippen molar-refractivity contribution in [1.29, 1.82) is 0 Å². The molecule has 17 heavy (non-hydrogen) atoms. The SMILES string of the molecule is Cc1c(C(F)F)cnc(S(=O)(=O)Cl)c1[N+](=O)[O-]. The van der Waals surface area contributed by atoms with Gasteiger partial charge >= 0.3 is 5.69 Å². The lowest BCUT2D eigenvalue weighted by Gasteiger charge is -2.06. The maximum Gasteiger partial charge on any atom is 0.311 e. The third kappa shape index (κ3) is 2.67. The molecule has 94 valence electrons. The highest BCUT2D eigenvalue weighted by Crippen LogP contribution is 2.33. The molecule has 0 aliphatic heterocycles. The van der Waals surface area contributed by atoms with Crippen LogP contribution in [0.3, 0.4) is 0 Å². The second-order valence-electron chi connectivity index (χ2n) is 2.99. The van der Waals surface area contributed by atoms with E-state index in [4.69, 9.17) is 10.7 Å². The van der Waals surface area contributed by atoms with E-state index in [2.05, 4.69) is 4.98 Å². The average Bonchev–Trinajstić information content (AvgIpc) is 2.14. The minimum Gasteiger partial charge on any atom is -0.258 e. The summed E-state index contributed by atoms with van der Waals surface area (Å²) >= 11 is 0. The van der Waals surface area contributed by atoms with Crippen LogP contribution in [0.1, 0.15) is 17.6 Å². The van der Waals surface area contributed by atoms with Crippen molar-refractivity contribution in [3.63, 3.8) is 0 Å². The number of rotatable bonds is 3. The second kappa shape index (κ2) is 4.49. The maximum atomic E-state index is 12.5. The van der Waals surface area contributed by atoms with E-state index in [1.165, 1.54) is 0 Å². The van der Waals surface area contributed by atoms with E-state index in [9.17, 15) is 27.3 Å². The molecule has 0 aliphatic carbocycles. The molecule has 0 atom stereocenters. The van der Waals surface area contributed by atoms with Crippen molar-refractivity contribution in [2.75, 3.05) is 0 Å². The van der Waals surface area contributed by atoms with Gasteiger partial charge in [0.05, 0.1) is 4.92 Å². The van der Waals surface area contributed by atoms with Gasteiger partial charge in [0.2, 0.25) is 5.03 Å². The van der Waals surface area contributed by atoms with Gasteiger partial charge in [0.15, 0.2) is 0 Å². The van der Waals surface area contributed by atoms with Crippen molar-refractivity contribution >= 4 is 25.4 Å². The van der Waals surface area contributed by atoms with Gasteiger partial charge in [0.1, 0.15) is 0 Å². The van der Waals surface area contributed by atoms with Crippen LogP contribution in [0.2, 0.25) is 0 Å². The molecule has 0 N–H and O–H groups in total. The van der Waals surface area contributed by atoms with Crippen molar-refractivity contribution in [3.8, 4) is 0 Å². The van der Waals surface area contributed by atoms with E-state index in [1.807, 2.05) is 0 Å². The minimum atomic E-state index is -4.47. The molecule has 0 radical (unpaired) electrons. The third-order valence-corrected chi connectivity index (χ3v) is 3.16. The number of alkyl halides is 2. The van der Waals surface area contributed by atoms with Crippen LogP contribution in [0.25, 0.3) is 0 Å². The fraction of sp³-hybridized carbons (Fsp3) is 0.286. The van der Waals surface area contributed by atoms with E-state index < -0.39 is 42.2 Å². The number of pyridine rings is 1. The molecule has 0 spiro atoms. The normalized spacial score (nSPS) is 11.8. The van der Waals surface area contributed by atoms with Gasteiger partial charge in [0, 0.05) is 28.0 Å². The van der Waals surface area contributed by atoms with Crippen molar-refractivity contribution in [2.24, 2.45) is 0 Å². The Kier molecular flexibility index (Phi) is 3.62. The summed E-state index contributed by atoms with van der Waals surface area (Å²) in [5.41, 5.74) is -2.21. The fourth-order valence-electron chi connectivity index (χ4n) is 1.20. The summed E-state index contributed by atoms with van der Waals surface area (Å²) in [5.74, 6) is 0. The molecule has 1 aromatic rings. The van der Waals surface area contributed by atoms with Gasteiger partial charge in [-0.05, 0) is 6.92 Å². The van der Waals surface area contributed by atoms with Gasteiger partial charge in [0.25, 0.3) is 15.5 Å². The Balaban J connectivity index is 3.69. The molecule has 0 saturated heterocycles. The van der Waals surface area contributed by atoms with Crippen LogP contribution in [0.4, 0.5) is 14.5 Å². The topological polar surface area (TPSA) is 90.2 Å². The summed E-state index contributed by atoms with van der Waals surface area (Å²) in [6, 6.07) is 0. The van der Waals surface area contributed by atoms with Gasteiger partial charge in [-0.15, -0.1) is 0 Å². The maximum absolute atomic E-state index is 12.5. The predicted molar refractivity (Wildman–Crippen MR) is 53.6 cm³/mol. The summed E-state index contributed by atoms with van der Waals surface area (Å²) in [6.45, 7) is 1.01. The third-order valence-electron chi connectivity index (χ3n) is 1.96. The molecular weight excluding hydrogens is 282 g/mol. The molecule has 0 aliphatic rings. The molecule has 0 aromatic carbocycles. The lowest BCUT2D eigenvalue weighted by atomic mass is 10.1. The Bertz CT molecular complexity index is 575. The Morgan fingerprint density at radius 3 is 2.41 bits per heavy atom. The Morgan fingerprint density at radius 2 is 2.06 bits per heavy atom. The van der Waals surface area contributed by atoms with Gasteiger partial charge < -0.3 is 0 Å². The zero-order valence-corrected chi connectivity index (χ0v) is 9.80. The Morgan fingerprint density at radius 1 is 1.53 bits per heavy atom. The highest BCUT2D eigenvalue weighted by molar-refractivity contribution is 8.13. The number of aromatic nitrogens is 1. The van der Waals surface area contributed by atoms with Gasteiger partial charge in [-0.25, -0.2) is 22.2 Å². The summed E-state index contributed by atoms with van der Waals surface area (Å²) in [4.78, 5) is 12.7. The standard InChI is InChI=1S/C7H5ClF2N2O4S/c1-3-4(6(9)10)2-11-7(17(8,15)16)5(3)12(13)14/h2,6H,1H3. The lowest BCUT2D eigenvalue weighted by molar-refractivity contribution is -0.389. The molecular formula is C7H5ClF2N2O4S. The van der Waals surface area contributed by atoms with Gasteiger partial charge in [-0.2, -0.15) is 0 Å². The lowest BCUT2D eigenvalue weighted by Crippen LogP contribution is -2.06. The van der Waals surface area contributed by atoms with E-state index in [1.54, 1.807) is 0 Å². The van der Waals surface area contributed by atoms with E-state index in [0.29, 0.717) is 6.20 Å². The zero-order chi connectivity index (χ0) is 13.4. The molecule has 10 heteroatoms. The molecule has 6 nitrogen and oxygen atoms in total. The van der Waals surface area contributed by atoms with Crippen LogP contribution in [0.15, 0.2) is 11.2 Å². The largest absolute Gasteiger partial charge is 0.311 e. The van der Waals surface area contributed by atoms with E-state index in [0.717, 1.165) is 6.92 Å². The first kappa shape index (κ1) is 13.7. The number of nitrogens with zero attached hydrogens (tertiary/aromatic N) is 2. The quantitative estimate of drug-likeness (QED) is 0.482. The van der Waals surface area contributed by atoms with Crippen LogP contribution in [0.5, 0.6) is 0 Å². The highest BCUT2D eigenvalue weighted by atomic mass is 35.7. The minimum absolute atomic E-state index is 0.473. The predicted octanol–water partition coefficient (Wildman–Crippen LogP) is 2.16. The van der Waals surface area contributed by atoms with Gasteiger partial charge in [-0.3, -0.25) is 10.1 Å². The highest BCUT2D eigenvalue weighted by Gasteiger charge is 2.31. The van der Waals surface area contributed by atoms with Crippen LogP contribution in [0, 0.1) is 17.0 Å². The van der Waals surface area contributed by atoms with Crippen molar-refractivity contribution < 1.29 is 22.1 Å². The molecule has 1 aromatic heterocycles. The molecule has 1 heterocycles. The summed E-state index contributed by atoms with van der Waals surface area (Å²) in [5, 5.41) is 9.63. The van der Waals surface area contributed by atoms with Crippen molar-refractivity contribution in [3.05, 3.63) is 27.4 Å². The first-order valence-corrected chi connectivity index (χ1v) is 6.34. The summed E-state index contributed by atoms with van der Waals surface area (Å²) < 4.78 is 46.9. The number of halogens is 3. The van der Waals surface area contributed by atoms with E-state index in [-0.39, 0.29) is 0 Å². The molecule has 0 fully saturated rings. The Labute approximate surface area is 98.8 Å². The number of hydrogen-bond acceptors (Lipinski definition) is 5. The van der Waals surface area contributed by atoms with Crippen molar-refractivity contribution in [1.82, 2.24) is 4.98 Å². The summed E-state index contributed by atoms with van der Waals surface area (Å²) in [6.07, 6.45) is -2.43. The summed E-state index contributed by atoms with van der Waals surface area (Å²) in [7, 11) is 0.461. The zero-order valence-electron chi connectivity index (χ0n) is 8.22. The monoisotopic (exact) mass is 286 g/mol. The van der Waals surface area contributed by atoms with E-state index >= 15 is 0 Å². The first-order valence-electron chi connectivity index (χ1n) is 4.03. The Hall–Kier alpha value is -1.35. The van der Waals surface area contributed by atoms with Crippen LogP contribution in [-0.4, -0.2) is 18.3 Å². The second-order valence-corrected chi connectivity index (χ2v) is 5.47. The van der Waals surface area contributed by atoms with Crippen LogP contribution >= 0.6 is 10.7 Å². The number of nitro groups is 1. The molecule has 0 bridgehead atoms. The van der Waals surface area contributed by atoms with Gasteiger partial charge in [-0.1, -0.05) is 0 Å². The van der Waals surface area contributed by atoms with Crippen molar-refractivity contribution in [2.45, 2.75) is 18.4 Å². The van der Waals surface area contributed by atoms with Crippen LogP contribution < -0.4 is 0 Å². The molecule has 0 saturated carbocycles. The van der Waals surface area contributed by atoms with Crippen LogP contribution in [-0.2, 0) is 9.05 Å². The molecule has 1 rings (SSSR count).